The van der Waals surface area contributed by atoms with Crippen LogP contribution in [0.5, 0.6) is 0 Å². The SMILES string of the molecule is C[C@]12CC[C@H](O)C[C@@H]1CC[C@@H]1[C@@H]2[C@@H](O)C[C@]2(C)[C@@H](CCO)CC[C@@H]12. The molecule has 0 aliphatic heterocycles. The zero-order valence-corrected chi connectivity index (χ0v) is 15.5. The molecule has 0 spiro atoms. The molecule has 24 heavy (non-hydrogen) atoms. The van der Waals surface area contributed by atoms with E-state index < -0.39 is 0 Å². The molecule has 3 N–H and O–H groups in total. The molecule has 138 valence electrons. The molecule has 0 aromatic heterocycles. The summed E-state index contributed by atoms with van der Waals surface area (Å²) in [5.74, 6) is 2.98. The van der Waals surface area contributed by atoms with E-state index in [2.05, 4.69) is 13.8 Å². The summed E-state index contributed by atoms with van der Waals surface area (Å²) in [6, 6.07) is 0. The van der Waals surface area contributed by atoms with Crippen LogP contribution in [0.3, 0.4) is 0 Å². The van der Waals surface area contributed by atoms with Gasteiger partial charge in [-0.1, -0.05) is 13.8 Å². The fraction of sp³-hybridized carbons (Fsp3) is 1.00. The van der Waals surface area contributed by atoms with Crippen LogP contribution in [0.1, 0.15) is 71.6 Å². The van der Waals surface area contributed by atoms with Crippen LogP contribution in [0, 0.1) is 40.4 Å². The highest BCUT2D eigenvalue weighted by Gasteiger charge is 2.62. The molecular formula is C21H36O3. The number of rotatable bonds is 2. The van der Waals surface area contributed by atoms with Gasteiger partial charge in [-0.15, -0.1) is 0 Å². The monoisotopic (exact) mass is 336 g/mol. The Hall–Kier alpha value is -0.120. The topological polar surface area (TPSA) is 60.7 Å². The molecule has 4 aliphatic rings. The zero-order valence-electron chi connectivity index (χ0n) is 15.5. The molecule has 0 unspecified atom stereocenters. The van der Waals surface area contributed by atoms with Gasteiger partial charge >= 0.3 is 0 Å². The van der Waals surface area contributed by atoms with E-state index in [0.717, 1.165) is 38.0 Å². The zero-order chi connectivity index (χ0) is 17.1. The van der Waals surface area contributed by atoms with Crippen molar-refractivity contribution in [3.63, 3.8) is 0 Å². The van der Waals surface area contributed by atoms with Crippen molar-refractivity contribution in [3.8, 4) is 0 Å². The molecule has 0 aromatic carbocycles. The van der Waals surface area contributed by atoms with Crippen LogP contribution in [0.4, 0.5) is 0 Å². The van der Waals surface area contributed by atoms with Crippen LogP contribution in [0.15, 0.2) is 0 Å². The van der Waals surface area contributed by atoms with Crippen LogP contribution in [-0.2, 0) is 0 Å². The number of aliphatic hydroxyl groups is 3. The van der Waals surface area contributed by atoms with Gasteiger partial charge in [0.2, 0.25) is 0 Å². The van der Waals surface area contributed by atoms with Crippen LogP contribution < -0.4 is 0 Å². The maximum absolute atomic E-state index is 11.2. The lowest BCUT2D eigenvalue weighted by Gasteiger charge is -2.62. The first-order valence-electron chi connectivity index (χ1n) is 10.4. The van der Waals surface area contributed by atoms with Gasteiger partial charge in [0, 0.05) is 6.61 Å². The molecule has 0 aromatic rings. The molecule has 0 heterocycles. The quantitative estimate of drug-likeness (QED) is 0.724. The van der Waals surface area contributed by atoms with Gasteiger partial charge < -0.3 is 15.3 Å². The van der Waals surface area contributed by atoms with Crippen molar-refractivity contribution in [1.29, 1.82) is 0 Å². The third-order valence-electron chi connectivity index (χ3n) is 9.24. The number of aliphatic hydroxyl groups excluding tert-OH is 3. The van der Waals surface area contributed by atoms with E-state index in [-0.39, 0.29) is 29.6 Å². The Balaban J connectivity index is 1.63. The molecule has 0 bridgehead atoms. The lowest BCUT2D eigenvalue weighted by molar-refractivity contribution is -0.178. The summed E-state index contributed by atoms with van der Waals surface area (Å²) in [7, 11) is 0. The lowest BCUT2D eigenvalue weighted by Crippen LogP contribution is -2.59. The van der Waals surface area contributed by atoms with E-state index >= 15 is 0 Å². The largest absolute Gasteiger partial charge is 0.396 e. The first kappa shape index (κ1) is 17.3. The Labute approximate surface area is 146 Å². The molecule has 4 rings (SSSR count). The molecule has 0 radical (unpaired) electrons. The molecule has 0 saturated heterocycles. The van der Waals surface area contributed by atoms with Crippen molar-refractivity contribution in [2.75, 3.05) is 6.61 Å². The predicted octanol–water partition coefficient (Wildman–Crippen LogP) is 3.36. The van der Waals surface area contributed by atoms with E-state index in [1.807, 2.05) is 0 Å². The summed E-state index contributed by atoms with van der Waals surface area (Å²) < 4.78 is 0. The third-order valence-corrected chi connectivity index (χ3v) is 9.24. The maximum atomic E-state index is 11.2. The first-order valence-corrected chi connectivity index (χ1v) is 10.4. The Morgan fingerprint density at radius 3 is 2.50 bits per heavy atom. The summed E-state index contributed by atoms with van der Waals surface area (Å²) in [6.07, 6.45) is 9.45. The summed E-state index contributed by atoms with van der Waals surface area (Å²) in [5.41, 5.74) is 0.443. The first-order chi connectivity index (χ1) is 11.4. The molecule has 4 aliphatic carbocycles. The van der Waals surface area contributed by atoms with E-state index in [0.29, 0.717) is 23.7 Å². The fourth-order valence-corrected chi connectivity index (χ4v) is 8.09. The highest BCUT2D eigenvalue weighted by atomic mass is 16.3. The molecule has 3 heteroatoms. The Bertz CT molecular complexity index is 480. The van der Waals surface area contributed by atoms with E-state index in [1.54, 1.807) is 0 Å². The Morgan fingerprint density at radius 1 is 0.958 bits per heavy atom. The lowest BCUT2D eigenvalue weighted by atomic mass is 9.44. The summed E-state index contributed by atoms with van der Waals surface area (Å²) >= 11 is 0. The minimum absolute atomic E-state index is 0.119. The minimum atomic E-state index is -0.196. The van der Waals surface area contributed by atoms with E-state index in [9.17, 15) is 15.3 Å². The highest BCUT2D eigenvalue weighted by molar-refractivity contribution is 5.11. The van der Waals surface area contributed by atoms with Gasteiger partial charge in [-0.2, -0.15) is 0 Å². The van der Waals surface area contributed by atoms with Crippen LogP contribution >= 0.6 is 0 Å². The summed E-state index contributed by atoms with van der Waals surface area (Å²) in [6.45, 7) is 5.12. The van der Waals surface area contributed by atoms with Gasteiger partial charge in [-0.05, 0) is 98.2 Å². The van der Waals surface area contributed by atoms with Gasteiger partial charge in [-0.25, -0.2) is 0 Å². The van der Waals surface area contributed by atoms with E-state index in [4.69, 9.17) is 0 Å². The summed E-state index contributed by atoms with van der Waals surface area (Å²) in [4.78, 5) is 0. The van der Waals surface area contributed by atoms with Gasteiger partial charge in [0.05, 0.1) is 12.2 Å². The van der Waals surface area contributed by atoms with Gasteiger partial charge in [0.15, 0.2) is 0 Å². The van der Waals surface area contributed by atoms with Crippen LogP contribution in [0.2, 0.25) is 0 Å². The Kier molecular flexibility index (Phi) is 4.29. The van der Waals surface area contributed by atoms with Crippen LogP contribution in [0.25, 0.3) is 0 Å². The second-order valence-corrected chi connectivity index (χ2v) is 10.1. The molecule has 4 saturated carbocycles. The fourth-order valence-electron chi connectivity index (χ4n) is 8.09. The molecular weight excluding hydrogens is 300 g/mol. The van der Waals surface area contributed by atoms with Gasteiger partial charge in [0.25, 0.3) is 0 Å². The van der Waals surface area contributed by atoms with Crippen molar-refractivity contribution >= 4 is 0 Å². The van der Waals surface area contributed by atoms with Crippen molar-refractivity contribution in [2.45, 2.75) is 83.8 Å². The minimum Gasteiger partial charge on any atom is -0.396 e. The molecule has 3 nitrogen and oxygen atoms in total. The van der Waals surface area contributed by atoms with Crippen molar-refractivity contribution in [1.82, 2.24) is 0 Å². The Morgan fingerprint density at radius 2 is 1.75 bits per heavy atom. The number of fused-ring (bicyclic) bond motifs is 5. The molecule has 9 atom stereocenters. The number of hydrogen-bond acceptors (Lipinski definition) is 3. The van der Waals surface area contributed by atoms with E-state index in [1.165, 1.54) is 25.7 Å². The number of hydrogen-bond donors (Lipinski definition) is 3. The summed E-state index contributed by atoms with van der Waals surface area (Å²) in [5, 5.41) is 30.8. The standard InChI is InChI=1S/C21H36O3/c1-20-9-7-15(23)11-14(20)3-5-16-17-6-4-13(8-10-22)21(17,2)12-18(24)19(16)20/h13-19,22-24H,3-12H2,1-2H3/t13-,14+,15+,16+,17+,18+,19-,20+,21-/m1/s1. The maximum Gasteiger partial charge on any atom is 0.0581 e. The van der Waals surface area contributed by atoms with Crippen molar-refractivity contribution in [3.05, 3.63) is 0 Å². The normalized spacial score (nSPS) is 57.1. The molecule has 0 amide bonds. The van der Waals surface area contributed by atoms with Crippen molar-refractivity contribution in [2.24, 2.45) is 40.4 Å². The highest BCUT2D eigenvalue weighted by Crippen LogP contribution is 2.67. The average molecular weight is 337 g/mol. The van der Waals surface area contributed by atoms with Gasteiger partial charge in [0.1, 0.15) is 0 Å². The van der Waals surface area contributed by atoms with Crippen molar-refractivity contribution < 1.29 is 15.3 Å². The molecule has 4 fully saturated rings. The van der Waals surface area contributed by atoms with Crippen LogP contribution in [-0.4, -0.2) is 34.1 Å². The average Bonchev–Trinajstić information content (AvgIpc) is 2.84. The smallest absolute Gasteiger partial charge is 0.0581 e. The predicted molar refractivity (Wildman–Crippen MR) is 94.3 cm³/mol. The third kappa shape index (κ3) is 2.34. The second-order valence-electron chi connectivity index (χ2n) is 10.1. The van der Waals surface area contributed by atoms with Gasteiger partial charge in [-0.3, -0.25) is 0 Å². The second kappa shape index (κ2) is 5.96.